The average molecular weight is 378 g/mol. The lowest BCUT2D eigenvalue weighted by atomic mass is 9.45. The van der Waals surface area contributed by atoms with Gasteiger partial charge in [0.2, 0.25) is 0 Å². The van der Waals surface area contributed by atoms with E-state index >= 15 is 0 Å². The van der Waals surface area contributed by atoms with E-state index in [4.69, 9.17) is 0 Å². The van der Waals surface area contributed by atoms with E-state index < -0.39 is 41.0 Å². The minimum absolute atomic E-state index is 0.0166. The van der Waals surface area contributed by atoms with Gasteiger partial charge in [-0.1, -0.05) is 13.8 Å². The molecule has 0 spiro atoms. The number of aliphatic hydroxyl groups is 4. The molecule has 6 nitrogen and oxygen atoms in total. The van der Waals surface area contributed by atoms with Gasteiger partial charge in [-0.15, -0.1) is 0 Å². The lowest BCUT2D eigenvalue weighted by molar-refractivity contribution is -0.187. The number of fused-ring (bicyclic) bond motifs is 5. The molecule has 0 aromatic carbocycles. The lowest BCUT2D eigenvalue weighted by Crippen LogP contribution is -2.63. The molecule has 0 bridgehead atoms. The number of carbonyl (C=O) groups is 2. The predicted octanol–water partition coefficient (Wildman–Crippen LogP) is 0.752. The normalized spacial score (nSPS) is 51.9. The Labute approximate surface area is 159 Å². The van der Waals surface area contributed by atoms with Crippen LogP contribution in [-0.4, -0.2) is 56.4 Å². The van der Waals surface area contributed by atoms with Gasteiger partial charge < -0.3 is 20.4 Å². The maximum Gasteiger partial charge on any atom is 0.190 e. The van der Waals surface area contributed by atoms with E-state index in [-0.39, 0.29) is 36.4 Å². The van der Waals surface area contributed by atoms with Crippen molar-refractivity contribution in [2.75, 3.05) is 6.61 Å². The van der Waals surface area contributed by atoms with Gasteiger partial charge in [0.25, 0.3) is 0 Å². The number of carbonyl (C=O) groups excluding carboxylic acids is 2. The van der Waals surface area contributed by atoms with E-state index in [1.54, 1.807) is 6.08 Å². The van der Waals surface area contributed by atoms with Gasteiger partial charge in [0, 0.05) is 11.8 Å². The Hall–Kier alpha value is -1.08. The fourth-order valence-corrected chi connectivity index (χ4v) is 7.33. The van der Waals surface area contributed by atoms with Crippen molar-refractivity contribution in [1.82, 2.24) is 0 Å². The molecule has 0 radical (unpaired) electrons. The van der Waals surface area contributed by atoms with Crippen LogP contribution < -0.4 is 0 Å². The van der Waals surface area contributed by atoms with Crippen LogP contribution in [0.5, 0.6) is 0 Å². The molecule has 6 heteroatoms. The number of hydrogen-bond acceptors (Lipinski definition) is 6. The maximum atomic E-state index is 12.4. The Morgan fingerprint density at radius 1 is 1.26 bits per heavy atom. The molecule has 150 valence electrons. The van der Waals surface area contributed by atoms with E-state index in [0.29, 0.717) is 25.7 Å². The number of ketones is 2. The summed E-state index contributed by atoms with van der Waals surface area (Å²) in [4.78, 5) is 24.3. The third kappa shape index (κ3) is 2.33. The van der Waals surface area contributed by atoms with Gasteiger partial charge in [0.1, 0.15) is 12.2 Å². The molecule has 0 unspecified atom stereocenters. The molecule has 3 fully saturated rings. The highest BCUT2D eigenvalue weighted by molar-refractivity contribution is 5.92. The van der Waals surface area contributed by atoms with Crippen molar-refractivity contribution in [2.45, 2.75) is 70.2 Å². The highest BCUT2D eigenvalue weighted by Crippen LogP contribution is 2.67. The average Bonchev–Trinajstić information content (AvgIpc) is 2.87. The summed E-state index contributed by atoms with van der Waals surface area (Å²) in [5.74, 6) is -0.713. The zero-order chi connectivity index (χ0) is 19.8. The molecule has 3 saturated carbocycles. The third-order valence-electron chi connectivity index (χ3n) is 8.67. The van der Waals surface area contributed by atoms with Gasteiger partial charge in [-0.3, -0.25) is 9.59 Å². The Kier molecular flexibility index (Phi) is 4.25. The first kappa shape index (κ1) is 19.2. The van der Waals surface area contributed by atoms with Gasteiger partial charge in [0.15, 0.2) is 11.6 Å². The van der Waals surface area contributed by atoms with Gasteiger partial charge >= 0.3 is 0 Å². The largest absolute Gasteiger partial charge is 0.393 e. The quantitative estimate of drug-likeness (QED) is 0.564. The van der Waals surface area contributed by atoms with Crippen LogP contribution in [0.1, 0.15) is 52.4 Å². The van der Waals surface area contributed by atoms with Crippen LogP contribution in [0.4, 0.5) is 0 Å². The Morgan fingerprint density at radius 3 is 2.63 bits per heavy atom. The summed E-state index contributed by atoms with van der Waals surface area (Å²) in [5.41, 5.74) is -2.17. The fourth-order valence-electron chi connectivity index (χ4n) is 7.33. The molecule has 8 atom stereocenters. The molecule has 27 heavy (non-hydrogen) atoms. The first-order valence-corrected chi connectivity index (χ1v) is 10.1. The van der Waals surface area contributed by atoms with Crippen LogP contribution in [0, 0.1) is 28.6 Å². The van der Waals surface area contributed by atoms with Crippen molar-refractivity contribution in [3.05, 3.63) is 11.6 Å². The van der Waals surface area contributed by atoms with Crippen molar-refractivity contribution in [1.29, 1.82) is 0 Å². The highest BCUT2D eigenvalue weighted by Gasteiger charge is 2.68. The van der Waals surface area contributed by atoms with Crippen molar-refractivity contribution in [3.63, 3.8) is 0 Å². The monoisotopic (exact) mass is 378 g/mol. The number of hydrogen-bond donors (Lipinski definition) is 4. The summed E-state index contributed by atoms with van der Waals surface area (Å²) in [6.07, 6.45) is 2.75. The second-order valence-corrected chi connectivity index (χ2v) is 9.70. The van der Waals surface area contributed by atoms with Crippen LogP contribution in [0.3, 0.4) is 0 Å². The SMILES string of the molecule is C[C@@]12CCC(=O)C=C1[C@@H](O)C[C@H]1[C@H]2[C@H](O)C[C@]2(C)[C@@H]1CC[C@@]2(O)C(=O)CO. The molecular weight excluding hydrogens is 348 g/mol. The Morgan fingerprint density at radius 2 is 1.96 bits per heavy atom. The first-order valence-electron chi connectivity index (χ1n) is 10.1. The van der Waals surface area contributed by atoms with Crippen molar-refractivity contribution >= 4 is 11.6 Å². The molecule has 4 aliphatic carbocycles. The summed E-state index contributed by atoms with van der Waals surface area (Å²) >= 11 is 0. The summed E-state index contributed by atoms with van der Waals surface area (Å²) in [5, 5.41) is 42.6. The fraction of sp³-hybridized carbons (Fsp3) is 0.810. The number of aliphatic hydroxyl groups excluding tert-OH is 3. The molecule has 0 heterocycles. The molecule has 4 aliphatic rings. The minimum atomic E-state index is -1.64. The smallest absolute Gasteiger partial charge is 0.190 e. The van der Waals surface area contributed by atoms with Gasteiger partial charge in [0.05, 0.1) is 12.2 Å². The van der Waals surface area contributed by atoms with Crippen LogP contribution in [-0.2, 0) is 9.59 Å². The highest BCUT2D eigenvalue weighted by atomic mass is 16.3. The Balaban J connectivity index is 1.77. The summed E-state index contributed by atoms with van der Waals surface area (Å²) < 4.78 is 0. The van der Waals surface area contributed by atoms with Gasteiger partial charge in [-0.05, 0) is 66.9 Å². The zero-order valence-electron chi connectivity index (χ0n) is 16.0. The minimum Gasteiger partial charge on any atom is -0.393 e. The molecular formula is C21H30O6. The number of Topliss-reactive ketones (excluding diaryl/α,β-unsaturated/α-hetero) is 1. The second kappa shape index (κ2) is 5.96. The van der Waals surface area contributed by atoms with E-state index in [1.807, 2.05) is 13.8 Å². The van der Waals surface area contributed by atoms with E-state index in [9.17, 15) is 30.0 Å². The van der Waals surface area contributed by atoms with E-state index in [0.717, 1.165) is 5.57 Å². The summed E-state index contributed by atoms with van der Waals surface area (Å²) in [6, 6.07) is 0. The molecule has 0 amide bonds. The predicted molar refractivity (Wildman–Crippen MR) is 96.5 cm³/mol. The first-order chi connectivity index (χ1) is 12.6. The van der Waals surface area contributed by atoms with Gasteiger partial charge in [-0.25, -0.2) is 0 Å². The van der Waals surface area contributed by atoms with Gasteiger partial charge in [-0.2, -0.15) is 0 Å². The zero-order valence-corrected chi connectivity index (χ0v) is 16.0. The lowest BCUT2D eigenvalue weighted by Gasteiger charge is -2.61. The summed E-state index contributed by atoms with van der Waals surface area (Å²) in [7, 11) is 0. The molecule has 4 rings (SSSR count). The number of rotatable bonds is 2. The molecule has 0 saturated heterocycles. The van der Waals surface area contributed by atoms with Crippen LogP contribution >= 0.6 is 0 Å². The van der Waals surface area contributed by atoms with E-state index in [1.165, 1.54) is 0 Å². The maximum absolute atomic E-state index is 12.4. The van der Waals surface area contributed by atoms with Crippen LogP contribution in [0.25, 0.3) is 0 Å². The van der Waals surface area contributed by atoms with Crippen LogP contribution in [0.2, 0.25) is 0 Å². The van der Waals surface area contributed by atoms with Crippen LogP contribution in [0.15, 0.2) is 11.6 Å². The molecule has 0 aromatic rings. The third-order valence-corrected chi connectivity index (χ3v) is 8.67. The molecule has 0 aromatic heterocycles. The van der Waals surface area contributed by atoms with Crippen molar-refractivity contribution < 1.29 is 30.0 Å². The van der Waals surface area contributed by atoms with Crippen molar-refractivity contribution in [2.24, 2.45) is 28.6 Å². The Bertz CT molecular complexity index is 715. The summed E-state index contributed by atoms with van der Waals surface area (Å²) in [6.45, 7) is 3.18. The second-order valence-electron chi connectivity index (χ2n) is 9.70. The standard InChI is InChI=1S/C21H30O6/c1-19-5-3-11(23)7-14(19)15(24)8-12-13-4-6-21(27,17(26)10-22)20(13,2)9-16(25)18(12)19/h7,12-13,15-16,18,22,24-25,27H,3-6,8-10H2,1-2H3/t12-,13-,15+,16-,18+,19-,20-,21-/m1/s1. The molecule has 4 N–H and O–H groups in total. The van der Waals surface area contributed by atoms with E-state index in [2.05, 4.69) is 0 Å². The topological polar surface area (TPSA) is 115 Å². The molecule has 0 aliphatic heterocycles. The van der Waals surface area contributed by atoms with Crippen molar-refractivity contribution in [3.8, 4) is 0 Å².